The highest BCUT2D eigenvalue weighted by atomic mass is 16.3. The van der Waals surface area contributed by atoms with Crippen molar-refractivity contribution >= 4 is 5.91 Å². The molecule has 0 saturated carbocycles. The van der Waals surface area contributed by atoms with Gasteiger partial charge in [-0.15, -0.1) is 0 Å². The summed E-state index contributed by atoms with van der Waals surface area (Å²) < 4.78 is 1.77. The summed E-state index contributed by atoms with van der Waals surface area (Å²) in [5, 5.41) is 24.3. The Morgan fingerprint density at radius 1 is 1.55 bits per heavy atom. The molecule has 2 heterocycles. The Hall–Kier alpha value is -1.40. The number of carbonyl (C=O) groups is 1. The maximum atomic E-state index is 12.3. The van der Waals surface area contributed by atoms with Crippen molar-refractivity contribution < 1.29 is 15.0 Å². The first-order valence-electron chi connectivity index (χ1n) is 8.07. The fourth-order valence-electron chi connectivity index (χ4n) is 3.25. The third-order valence-corrected chi connectivity index (χ3v) is 4.72. The maximum Gasteiger partial charge on any atom is 0.224 e. The van der Waals surface area contributed by atoms with Gasteiger partial charge in [0, 0.05) is 37.7 Å². The van der Waals surface area contributed by atoms with E-state index in [-0.39, 0.29) is 12.5 Å². The molecule has 124 valence electrons. The molecule has 2 N–H and O–H groups in total. The van der Waals surface area contributed by atoms with E-state index >= 15 is 0 Å². The van der Waals surface area contributed by atoms with E-state index in [0.717, 1.165) is 18.5 Å². The minimum Gasteiger partial charge on any atom is -0.396 e. The number of aliphatic hydroxyl groups is 2. The molecule has 0 unspecified atom stereocenters. The number of piperidine rings is 1. The van der Waals surface area contributed by atoms with Gasteiger partial charge in [0.05, 0.1) is 18.4 Å². The molecule has 2 atom stereocenters. The monoisotopic (exact) mass is 309 g/mol. The van der Waals surface area contributed by atoms with Gasteiger partial charge in [-0.1, -0.05) is 13.3 Å². The van der Waals surface area contributed by atoms with Gasteiger partial charge in [0.25, 0.3) is 0 Å². The Bertz CT molecular complexity index is 503. The first kappa shape index (κ1) is 17.0. The Morgan fingerprint density at radius 3 is 2.86 bits per heavy atom. The van der Waals surface area contributed by atoms with Gasteiger partial charge in [-0.05, 0) is 25.8 Å². The molecule has 1 saturated heterocycles. The van der Waals surface area contributed by atoms with E-state index in [1.54, 1.807) is 9.58 Å². The molecule has 0 spiro atoms. The first-order chi connectivity index (χ1) is 10.5. The largest absolute Gasteiger partial charge is 0.396 e. The van der Waals surface area contributed by atoms with Crippen molar-refractivity contribution in [3.63, 3.8) is 0 Å². The SMILES string of the molecule is CCC[C@]1(CO)CCN(C(=O)CCn2ccc(C)n2)C[C@H]1O. The fraction of sp³-hybridized carbons (Fsp3) is 0.750. The van der Waals surface area contributed by atoms with Crippen molar-refractivity contribution in [2.45, 2.75) is 52.2 Å². The van der Waals surface area contributed by atoms with Crippen molar-refractivity contribution in [1.29, 1.82) is 0 Å². The highest BCUT2D eigenvalue weighted by Gasteiger charge is 2.42. The number of aliphatic hydroxyl groups excluding tert-OH is 2. The van der Waals surface area contributed by atoms with Crippen LogP contribution in [0.5, 0.6) is 0 Å². The number of nitrogens with zero attached hydrogens (tertiary/aromatic N) is 3. The molecule has 0 aliphatic carbocycles. The normalized spacial score (nSPS) is 25.5. The zero-order chi connectivity index (χ0) is 16.2. The predicted octanol–water partition coefficient (Wildman–Crippen LogP) is 0.954. The van der Waals surface area contributed by atoms with E-state index in [9.17, 15) is 15.0 Å². The average Bonchev–Trinajstić information content (AvgIpc) is 2.92. The van der Waals surface area contributed by atoms with E-state index in [2.05, 4.69) is 5.10 Å². The Kier molecular flexibility index (Phi) is 5.58. The van der Waals surface area contributed by atoms with Crippen LogP contribution in [0.15, 0.2) is 12.3 Å². The second-order valence-corrected chi connectivity index (χ2v) is 6.35. The molecule has 0 radical (unpaired) electrons. The molecule has 1 aromatic rings. The first-order valence-corrected chi connectivity index (χ1v) is 8.07. The van der Waals surface area contributed by atoms with Crippen LogP contribution >= 0.6 is 0 Å². The minimum atomic E-state index is -0.651. The second kappa shape index (κ2) is 7.24. The van der Waals surface area contributed by atoms with Crippen LogP contribution in [0.25, 0.3) is 0 Å². The van der Waals surface area contributed by atoms with E-state index < -0.39 is 11.5 Å². The zero-order valence-corrected chi connectivity index (χ0v) is 13.5. The van der Waals surface area contributed by atoms with Crippen LogP contribution in [0.2, 0.25) is 0 Å². The highest BCUT2D eigenvalue weighted by Crippen LogP contribution is 2.36. The molecule has 6 nitrogen and oxygen atoms in total. The summed E-state index contributed by atoms with van der Waals surface area (Å²) in [6.45, 7) is 5.43. The van der Waals surface area contributed by atoms with Gasteiger partial charge >= 0.3 is 0 Å². The number of aryl methyl sites for hydroxylation is 2. The predicted molar refractivity (Wildman–Crippen MR) is 83.2 cm³/mol. The van der Waals surface area contributed by atoms with Crippen molar-refractivity contribution in [2.75, 3.05) is 19.7 Å². The van der Waals surface area contributed by atoms with E-state index in [1.165, 1.54) is 0 Å². The van der Waals surface area contributed by atoms with Crippen molar-refractivity contribution in [1.82, 2.24) is 14.7 Å². The Balaban J connectivity index is 1.87. The smallest absolute Gasteiger partial charge is 0.224 e. The minimum absolute atomic E-state index is 0.0173. The number of amides is 1. The molecule has 22 heavy (non-hydrogen) atoms. The van der Waals surface area contributed by atoms with Crippen molar-refractivity contribution in [3.8, 4) is 0 Å². The van der Waals surface area contributed by atoms with Crippen LogP contribution in [0.1, 0.15) is 38.3 Å². The average molecular weight is 309 g/mol. The molecule has 2 rings (SSSR count). The van der Waals surface area contributed by atoms with Crippen molar-refractivity contribution in [2.24, 2.45) is 5.41 Å². The van der Waals surface area contributed by atoms with Crippen molar-refractivity contribution in [3.05, 3.63) is 18.0 Å². The lowest BCUT2D eigenvalue weighted by molar-refractivity contribution is -0.142. The molecule has 1 aliphatic heterocycles. The molecular formula is C16H27N3O3. The topological polar surface area (TPSA) is 78.6 Å². The summed E-state index contributed by atoms with van der Waals surface area (Å²) in [5.74, 6) is 0.0373. The van der Waals surface area contributed by atoms with Gasteiger partial charge in [0.15, 0.2) is 0 Å². The Morgan fingerprint density at radius 2 is 2.32 bits per heavy atom. The lowest BCUT2D eigenvalue weighted by Gasteiger charge is -2.44. The molecule has 0 aromatic carbocycles. The van der Waals surface area contributed by atoms with Gasteiger partial charge in [-0.2, -0.15) is 5.10 Å². The number of β-amino-alcohol motifs (C(OH)–C–C–N with tert-alkyl or cyclic N) is 1. The summed E-state index contributed by atoms with van der Waals surface area (Å²) in [6.07, 6.45) is 3.97. The molecule has 6 heteroatoms. The number of likely N-dealkylation sites (tertiary alicyclic amines) is 1. The summed E-state index contributed by atoms with van der Waals surface area (Å²) in [4.78, 5) is 14.0. The van der Waals surface area contributed by atoms with Gasteiger partial charge in [-0.3, -0.25) is 9.48 Å². The molecule has 1 aromatic heterocycles. The lowest BCUT2D eigenvalue weighted by Crippen LogP contribution is -2.54. The van der Waals surface area contributed by atoms with Crippen LogP contribution < -0.4 is 0 Å². The molecule has 1 fully saturated rings. The van der Waals surface area contributed by atoms with Crippen LogP contribution in [0, 0.1) is 12.3 Å². The second-order valence-electron chi connectivity index (χ2n) is 6.35. The quantitative estimate of drug-likeness (QED) is 0.820. The van der Waals surface area contributed by atoms with Gasteiger partial charge < -0.3 is 15.1 Å². The third-order valence-electron chi connectivity index (χ3n) is 4.72. The summed E-state index contributed by atoms with van der Waals surface area (Å²) in [6, 6.07) is 1.91. The standard InChI is InChI=1S/C16H27N3O3/c1-3-6-16(12-20)7-10-18(11-14(16)21)15(22)5-9-19-8-4-13(2)17-19/h4,8,14,20-21H,3,5-7,9-12H2,1-2H3/t14-,16-/m1/s1. The molecule has 0 bridgehead atoms. The van der Waals surface area contributed by atoms with E-state index in [1.807, 2.05) is 26.1 Å². The van der Waals surface area contributed by atoms with Crippen LogP contribution in [0.4, 0.5) is 0 Å². The van der Waals surface area contributed by atoms with E-state index in [0.29, 0.717) is 32.5 Å². The van der Waals surface area contributed by atoms with Crippen LogP contribution in [0.3, 0.4) is 0 Å². The Labute approximate surface area is 131 Å². The number of aromatic nitrogens is 2. The molecule has 1 amide bonds. The highest BCUT2D eigenvalue weighted by molar-refractivity contribution is 5.76. The number of carbonyl (C=O) groups excluding carboxylic acids is 1. The number of rotatable bonds is 6. The fourth-order valence-corrected chi connectivity index (χ4v) is 3.25. The number of hydrogen-bond acceptors (Lipinski definition) is 4. The van der Waals surface area contributed by atoms with Crippen LogP contribution in [-0.4, -0.2) is 56.6 Å². The van der Waals surface area contributed by atoms with E-state index in [4.69, 9.17) is 0 Å². The summed E-state index contributed by atoms with van der Waals surface area (Å²) >= 11 is 0. The van der Waals surface area contributed by atoms with Gasteiger partial charge in [0.1, 0.15) is 0 Å². The van der Waals surface area contributed by atoms with Gasteiger partial charge in [0.2, 0.25) is 5.91 Å². The summed E-state index contributed by atoms with van der Waals surface area (Å²) in [7, 11) is 0. The molecular weight excluding hydrogens is 282 g/mol. The lowest BCUT2D eigenvalue weighted by atomic mass is 9.73. The maximum absolute atomic E-state index is 12.3. The number of hydrogen-bond donors (Lipinski definition) is 2. The molecule has 1 aliphatic rings. The zero-order valence-electron chi connectivity index (χ0n) is 13.5. The summed E-state index contributed by atoms with van der Waals surface area (Å²) in [5.41, 5.74) is 0.498. The van der Waals surface area contributed by atoms with Crippen LogP contribution in [-0.2, 0) is 11.3 Å². The van der Waals surface area contributed by atoms with Gasteiger partial charge in [-0.25, -0.2) is 0 Å². The third kappa shape index (κ3) is 3.67.